The van der Waals surface area contributed by atoms with Gasteiger partial charge in [-0.3, -0.25) is 0 Å². The Bertz CT molecular complexity index is 3440. The highest BCUT2D eigenvalue weighted by atomic mass is 15.3. The van der Waals surface area contributed by atoms with Crippen molar-refractivity contribution in [2.24, 2.45) is 0 Å². The van der Waals surface area contributed by atoms with Crippen molar-refractivity contribution in [3.8, 4) is 22.3 Å². The van der Waals surface area contributed by atoms with E-state index in [0.717, 1.165) is 6.42 Å². The van der Waals surface area contributed by atoms with Crippen molar-refractivity contribution in [3.05, 3.63) is 167 Å². The molecule has 2 saturated carbocycles. The van der Waals surface area contributed by atoms with E-state index in [1.54, 1.807) is 5.56 Å². The highest BCUT2D eigenvalue weighted by Gasteiger charge is 2.63. The Labute approximate surface area is 444 Å². The number of nitrogens with zero attached hydrogens (tertiary/aromatic N) is 3. The number of anilines is 7. The van der Waals surface area contributed by atoms with E-state index in [-0.39, 0.29) is 44.9 Å². The van der Waals surface area contributed by atoms with E-state index < -0.39 is 0 Å². The molecule has 0 N–H and O–H groups in total. The van der Waals surface area contributed by atoms with Crippen molar-refractivity contribution in [1.29, 1.82) is 0 Å². The predicted molar refractivity (Wildman–Crippen MR) is 318 cm³/mol. The molecule has 4 heteroatoms. The highest BCUT2D eigenvalue weighted by molar-refractivity contribution is 7.00. The fourth-order valence-corrected chi connectivity index (χ4v) is 15.6. The van der Waals surface area contributed by atoms with Crippen LogP contribution in [0.3, 0.4) is 0 Å². The maximum atomic E-state index is 2.97. The third-order valence-corrected chi connectivity index (χ3v) is 20.4. The Hall–Kier alpha value is -6.00. The van der Waals surface area contributed by atoms with Crippen molar-refractivity contribution in [2.75, 3.05) is 14.7 Å². The van der Waals surface area contributed by atoms with Crippen LogP contribution >= 0.6 is 0 Å². The summed E-state index contributed by atoms with van der Waals surface area (Å²) in [6.07, 6.45) is 9.67. The second-order valence-electron chi connectivity index (χ2n) is 27.6. The van der Waals surface area contributed by atoms with Crippen LogP contribution in [0.5, 0.6) is 0 Å². The van der Waals surface area contributed by atoms with Gasteiger partial charge in [-0.2, -0.15) is 0 Å². The molecule has 13 rings (SSSR count). The Morgan fingerprint density at radius 3 is 1.61 bits per heavy atom. The number of fused-ring (bicyclic) bond motifs is 10. The zero-order valence-electron chi connectivity index (χ0n) is 46.9. The van der Waals surface area contributed by atoms with Crippen LogP contribution in [0.4, 0.5) is 39.8 Å². The number of hydrogen-bond acceptors (Lipinski definition) is 3. The average molecular weight is 972 g/mol. The third kappa shape index (κ3) is 6.51. The molecular weight excluding hydrogens is 894 g/mol. The van der Waals surface area contributed by atoms with Gasteiger partial charge in [0.15, 0.2) is 0 Å². The molecule has 3 nitrogen and oxygen atoms in total. The number of hydrogen-bond donors (Lipinski definition) is 0. The van der Waals surface area contributed by atoms with Crippen LogP contribution in [0.15, 0.2) is 140 Å². The number of rotatable bonds is 4. The van der Waals surface area contributed by atoms with Gasteiger partial charge in [0.25, 0.3) is 6.71 Å². The second-order valence-corrected chi connectivity index (χ2v) is 27.6. The van der Waals surface area contributed by atoms with Gasteiger partial charge in [-0.15, -0.1) is 0 Å². The van der Waals surface area contributed by atoms with Gasteiger partial charge in [0, 0.05) is 50.5 Å². The van der Waals surface area contributed by atoms with E-state index >= 15 is 0 Å². The van der Waals surface area contributed by atoms with Crippen LogP contribution in [-0.4, -0.2) is 17.8 Å². The summed E-state index contributed by atoms with van der Waals surface area (Å²) >= 11 is 0. The molecule has 2 aliphatic carbocycles. The molecule has 0 radical (unpaired) electrons. The summed E-state index contributed by atoms with van der Waals surface area (Å²) in [5.41, 5.74) is 25.8. The molecule has 4 aliphatic heterocycles. The van der Waals surface area contributed by atoms with Crippen LogP contribution in [0.25, 0.3) is 22.3 Å². The summed E-state index contributed by atoms with van der Waals surface area (Å²) in [4.78, 5) is 8.60. The fraction of sp³-hybridized carbons (Fsp3) is 0.400. The summed E-state index contributed by atoms with van der Waals surface area (Å²) in [6, 6.07) is 55.6. The maximum absolute atomic E-state index is 2.97. The standard InChI is InChI=1S/C70H78BN3/c1-64(2,3)48-30-33-57(52(39-48)46-26-18-15-19-27-46)72-59-42-49(65(4,5)6)29-31-55(59)71-56-41-50(66(7,8)9)40-54-63(56)74(70(13)37-23-21-35-68(54,70)11)61-44-51(43-60(72)62(61)71)73-58-32-28-47(45-24-16-14-17-25-45)38-53(58)67(10)34-20-22-36-69(67,73)12/h14-19,24-33,38-44H,20-23,34-37H2,1-13H3. The lowest BCUT2D eigenvalue weighted by molar-refractivity contribution is 0.194. The van der Waals surface area contributed by atoms with Gasteiger partial charge in [-0.25, -0.2) is 0 Å². The molecule has 7 aromatic rings. The molecule has 376 valence electrons. The lowest BCUT2D eigenvalue weighted by Crippen LogP contribution is -2.64. The monoisotopic (exact) mass is 972 g/mol. The molecule has 2 fully saturated rings. The molecule has 0 bridgehead atoms. The van der Waals surface area contributed by atoms with Gasteiger partial charge in [-0.1, -0.05) is 199 Å². The van der Waals surface area contributed by atoms with Crippen LogP contribution in [0, 0.1) is 0 Å². The molecule has 4 unspecified atom stereocenters. The Balaban J connectivity index is 1.18. The molecule has 4 atom stereocenters. The van der Waals surface area contributed by atoms with Crippen LogP contribution < -0.4 is 31.1 Å². The molecule has 0 aromatic heterocycles. The maximum Gasteiger partial charge on any atom is 0.252 e. The quantitative estimate of drug-likeness (QED) is 0.163. The number of benzene rings is 7. The summed E-state index contributed by atoms with van der Waals surface area (Å²) in [7, 11) is 0. The fourth-order valence-electron chi connectivity index (χ4n) is 15.6. The van der Waals surface area contributed by atoms with Gasteiger partial charge in [0.05, 0.1) is 16.8 Å². The summed E-state index contributed by atoms with van der Waals surface area (Å²) in [5, 5.41) is 0. The average Bonchev–Trinajstić information content (AvgIpc) is 3.81. The zero-order chi connectivity index (χ0) is 51.7. The lowest BCUT2D eigenvalue weighted by Gasteiger charge is -2.54. The van der Waals surface area contributed by atoms with Gasteiger partial charge in [0.1, 0.15) is 0 Å². The summed E-state index contributed by atoms with van der Waals surface area (Å²) in [5.74, 6) is 0. The van der Waals surface area contributed by atoms with Crippen LogP contribution in [0.2, 0.25) is 0 Å². The lowest BCUT2D eigenvalue weighted by atomic mass is 9.33. The van der Waals surface area contributed by atoms with Crippen molar-refractivity contribution >= 4 is 62.9 Å². The van der Waals surface area contributed by atoms with E-state index in [0.29, 0.717) is 0 Å². The Morgan fingerprint density at radius 2 is 0.959 bits per heavy atom. The van der Waals surface area contributed by atoms with E-state index in [4.69, 9.17) is 0 Å². The van der Waals surface area contributed by atoms with Crippen LogP contribution in [-0.2, 0) is 27.1 Å². The first-order valence-electron chi connectivity index (χ1n) is 28.4. The molecule has 0 spiro atoms. The molecular formula is C70H78BN3. The minimum atomic E-state index is -0.142. The summed E-state index contributed by atoms with van der Waals surface area (Å²) < 4.78 is 0. The SMILES string of the molecule is CC(C)(C)c1ccc(N2c3cc(C(C)(C)C)ccc3B3c4cc(C(C)(C)C)cc5c4N(c4cc(N6c7ccc(-c8ccccc8)cc7C7(C)CCCCC67C)cc2c43)C2(C)CCCCC52C)c(-c2ccccc2)c1. The van der Waals surface area contributed by atoms with Crippen LogP contribution in [0.1, 0.15) is 169 Å². The minimum absolute atomic E-state index is 0.0159. The largest absolute Gasteiger partial charge is 0.335 e. The first-order valence-corrected chi connectivity index (χ1v) is 28.4. The molecule has 6 aliphatic rings. The first-order chi connectivity index (χ1) is 35.1. The topological polar surface area (TPSA) is 9.72 Å². The third-order valence-electron chi connectivity index (χ3n) is 20.4. The highest BCUT2D eigenvalue weighted by Crippen LogP contribution is 2.65. The Kier molecular flexibility index (Phi) is 10.2. The van der Waals surface area contributed by atoms with Gasteiger partial charge >= 0.3 is 0 Å². The molecule has 0 saturated heterocycles. The summed E-state index contributed by atoms with van der Waals surface area (Å²) in [6.45, 7) is 32.1. The van der Waals surface area contributed by atoms with Crippen molar-refractivity contribution in [2.45, 2.75) is 180 Å². The van der Waals surface area contributed by atoms with Crippen molar-refractivity contribution < 1.29 is 0 Å². The smallest absolute Gasteiger partial charge is 0.252 e. The van der Waals surface area contributed by atoms with E-state index in [1.165, 1.54) is 146 Å². The second kappa shape index (κ2) is 15.8. The Morgan fingerprint density at radius 1 is 0.405 bits per heavy atom. The van der Waals surface area contributed by atoms with Gasteiger partial charge in [-0.05, 0) is 159 Å². The minimum Gasteiger partial charge on any atom is -0.335 e. The van der Waals surface area contributed by atoms with Gasteiger partial charge < -0.3 is 14.7 Å². The normalized spacial score (nSPS) is 24.5. The first kappa shape index (κ1) is 47.7. The van der Waals surface area contributed by atoms with Gasteiger partial charge in [0.2, 0.25) is 0 Å². The van der Waals surface area contributed by atoms with Crippen molar-refractivity contribution in [1.82, 2.24) is 0 Å². The van der Waals surface area contributed by atoms with E-state index in [1.807, 2.05) is 0 Å². The zero-order valence-corrected chi connectivity index (χ0v) is 46.9. The van der Waals surface area contributed by atoms with Crippen molar-refractivity contribution in [3.63, 3.8) is 0 Å². The molecule has 74 heavy (non-hydrogen) atoms. The van der Waals surface area contributed by atoms with E-state index in [2.05, 4.69) is 244 Å². The molecule has 7 aromatic carbocycles. The van der Waals surface area contributed by atoms with E-state index in [9.17, 15) is 0 Å². The molecule has 0 amide bonds. The predicted octanol–water partition coefficient (Wildman–Crippen LogP) is 17.0. The molecule has 4 heterocycles.